The number of benzene rings is 8. The Labute approximate surface area is 292 Å². The van der Waals surface area contributed by atoms with E-state index < -0.39 is 0 Å². The summed E-state index contributed by atoms with van der Waals surface area (Å²) >= 11 is 0. The lowest BCUT2D eigenvalue weighted by atomic mass is 9.99. The fourth-order valence-corrected chi connectivity index (χ4v) is 7.27. The average Bonchev–Trinajstić information content (AvgIpc) is 3.55. The molecule has 1 aromatic heterocycles. The largest absolute Gasteiger partial charge is 0.309 e. The number of para-hydroxylation sites is 3. The van der Waals surface area contributed by atoms with E-state index in [4.69, 9.17) is 0 Å². The molecule has 0 aliphatic heterocycles. The Morgan fingerprint density at radius 3 is 1.48 bits per heavy atom. The number of hydrogen-bond donors (Lipinski definition) is 0. The SMILES string of the molecule is c1ccc(-c2ccc(-c3ccc(N(c4ccccc4-c4ccccc4)c4cccc5c4c4ccccc4n5-c4ccccc4)cc3)cc2)cc1. The van der Waals surface area contributed by atoms with Gasteiger partial charge in [-0.15, -0.1) is 0 Å². The molecule has 0 fully saturated rings. The molecule has 9 aromatic rings. The zero-order valence-electron chi connectivity index (χ0n) is 27.5. The number of fused-ring (bicyclic) bond motifs is 3. The summed E-state index contributed by atoms with van der Waals surface area (Å²) in [6, 6.07) is 74.0. The van der Waals surface area contributed by atoms with E-state index in [1.165, 1.54) is 55.2 Å². The molecule has 0 radical (unpaired) electrons. The van der Waals surface area contributed by atoms with Crippen molar-refractivity contribution in [2.75, 3.05) is 4.90 Å². The van der Waals surface area contributed by atoms with Gasteiger partial charge in [0.15, 0.2) is 0 Å². The van der Waals surface area contributed by atoms with Crippen LogP contribution < -0.4 is 4.90 Å². The zero-order chi connectivity index (χ0) is 33.3. The molecule has 2 heteroatoms. The second-order valence-electron chi connectivity index (χ2n) is 12.6. The van der Waals surface area contributed by atoms with Crippen LogP contribution in [0.5, 0.6) is 0 Å². The first-order chi connectivity index (χ1) is 24.8. The van der Waals surface area contributed by atoms with Gasteiger partial charge in [0.05, 0.1) is 22.4 Å². The highest BCUT2D eigenvalue weighted by molar-refractivity contribution is 6.17. The summed E-state index contributed by atoms with van der Waals surface area (Å²) in [6.07, 6.45) is 0. The fourth-order valence-electron chi connectivity index (χ4n) is 7.27. The third-order valence-electron chi connectivity index (χ3n) is 9.61. The monoisotopic (exact) mass is 638 g/mol. The lowest BCUT2D eigenvalue weighted by molar-refractivity contribution is 1.18. The van der Waals surface area contributed by atoms with Crippen LogP contribution in [0.4, 0.5) is 17.1 Å². The molecule has 0 saturated carbocycles. The summed E-state index contributed by atoms with van der Waals surface area (Å²) in [5.74, 6) is 0. The van der Waals surface area contributed by atoms with E-state index >= 15 is 0 Å². The summed E-state index contributed by atoms with van der Waals surface area (Å²) < 4.78 is 2.39. The third kappa shape index (κ3) is 5.24. The van der Waals surface area contributed by atoms with E-state index in [9.17, 15) is 0 Å². The number of aromatic nitrogens is 1. The van der Waals surface area contributed by atoms with Crippen LogP contribution in [0, 0.1) is 0 Å². The van der Waals surface area contributed by atoms with E-state index in [0.717, 1.165) is 22.7 Å². The minimum Gasteiger partial charge on any atom is -0.309 e. The summed E-state index contributed by atoms with van der Waals surface area (Å²) in [5.41, 5.74) is 14.1. The molecule has 2 nitrogen and oxygen atoms in total. The van der Waals surface area contributed by atoms with Crippen LogP contribution in [0.25, 0.3) is 60.9 Å². The molecule has 1 heterocycles. The van der Waals surface area contributed by atoms with Crippen LogP contribution in [0.1, 0.15) is 0 Å². The Balaban J connectivity index is 1.24. The van der Waals surface area contributed by atoms with Gasteiger partial charge in [0.25, 0.3) is 0 Å². The molecule has 0 unspecified atom stereocenters. The Bertz CT molecular complexity index is 2550. The molecule has 0 bridgehead atoms. The summed E-state index contributed by atoms with van der Waals surface area (Å²) in [5, 5.41) is 2.44. The van der Waals surface area contributed by atoms with Gasteiger partial charge in [-0.2, -0.15) is 0 Å². The van der Waals surface area contributed by atoms with Crippen molar-refractivity contribution in [2.45, 2.75) is 0 Å². The minimum absolute atomic E-state index is 1.10. The maximum atomic E-state index is 2.44. The molecule has 0 aliphatic carbocycles. The van der Waals surface area contributed by atoms with Crippen molar-refractivity contribution < 1.29 is 0 Å². The standard InChI is InChI=1S/C48H34N2/c1-4-15-35(16-5-1)36-27-29-37(30-28-36)38-31-33-41(34-32-38)50(44-23-12-10-21-42(44)39-17-6-2-7-18-39)47-26-14-25-46-48(47)43-22-11-13-24-45(43)49(46)40-19-8-3-9-20-40/h1-34H. The third-order valence-corrected chi connectivity index (χ3v) is 9.61. The van der Waals surface area contributed by atoms with Gasteiger partial charge >= 0.3 is 0 Å². The quantitative estimate of drug-likeness (QED) is 0.169. The van der Waals surface area contributed by atoms with Crippen LogP contribution in [0.2, 0.25) is 0 Å². The van der Waals surface area contributed by atoms with Gasteiger partial charge in [-0.25, -0.2) is 0 Å². The maximum Gasteiger partial charge on any atom is 0.0562 e. The van der Waals surface area contributed by atoms with Crippen LogP contribution in [0.15, 0.2) is 206 Å². The molecule has 50 heavy (non-hydrogen) atoms. The van der Waals surface area contributed by atoms with Gasteiger partial charge in [-0.3, -0.25) is 0 Å². The first-order valence-electron chi connectivity index (χ1n) is 17.1. The first-order valence-corrected chi connectivity index (χ1v) is 17.1. The summed E-state index contributed by atoms with van der Waals surface area (Å²) in [6.45, 7) is 0. The van der Waals surface area contributed by atoms with Crippen molar-refractivity contribution in [2.24, 2.45) is 0 Å². The lowest BCUT2D eigenvalue weighted by Gasteiger charge is -2.29. The number of nitrogens with zero attached hydrogens (tertiary/aromatic N) is 2. The molecule has 0 atom stereocenters. The Morgan fingerprint density at radius 2 is 0.800 bits per heavy atom. The van der Waals surface area contributed by atoms with Crippen LogP contribution in [-0.4, -0.2) is 4.57 Å². The summed E-state index contributed by atoms with van der Waals surface area (Å²) in [4.78, 5) is 2.44. The normalized spacial score (nSPS) is 11.2. The van der Waals surface area contributed by atoms with E-state index in [-0.39, 0.29) is 0 Å². The van der Waals surface area contributed by atoms with E-state index in [0.29, 0.717) is 0 Å². The topological polar surface area (TPSA) is 8.17 Å². The lowest BCUT2D eigenvalue weighted by Crippen LogP contribution is -2.11. The second kappa shape index (κ2) is 12.8. The zero-order valence-corrected chi connectivity index (χ0v) is 27.5. The fraction of sp³-hybridized carbons (Fsp3) is 0. The Morgan fingerprint density at radius 1 is 0.320 bits per heavy atom. The molecule has 0 aliphatic rings. The Hall–Kier alpha value is -6.64. The van der Waals surface area contributed by atoms with Crippen LogP contribution >= 0.6 is 0 Å². The van der Waals surface area contributed by atoms with Gasteiger partial charge in [0.2, 0.25) is 0 Å². The number of rotatable bonds is 7. The van der Waals surface area contributed by atoms with Crippen molar-refractivity contribution >= 4 is 38.9 Å². The first kappa shape index (κ1) is 29.5. The van der Waals surface area contributed by atoms with Crippen LogP contribution in [0.3, 0.4) is 0 Å². The molecular formula is C48H34N2. The van der Waals surface area contributed by atoms with E-state index in [1.54, 1.807) is 0 Å². The minimum atomic E-state index is 1.10. The van der Waals surface area contributed by atoms with Gasteiger partial charge in [-0.1, -0.05) is 158 Å². The molecule has 0 N–H and O–H groups in total. The summed E-state index contributed by atoms with van der Waals surface area (Å²) in [7, 11) is 0. The van der Waals surface area contributed by atoms with Crippen molar-refractivity contribution in [1.82, 2.24) is 4.57 Å². The molecule has 8 aromatic carbocycles. The van der Waals surface area contributed by atoms with Crippen molar-refractivity contribution in [3.05, 3.63) is 206 Å². The smallest absolute Gasteiger partial charge is 0.0562 e. The number of anilines is 3. The van der Waals surface area contributed by atoms with Crippen molar-refractivity contribution in [1.29, 1.82) is 0 Å². The Kier molecular flexibility index (Phi) is 7.53. The molecule has 0 spiro atoms. The second-order valence-corrected chi connectivity index (χ2v) is 12.6. The highest BCUT2D eigenvalue weighted by Gasteiger charge is 2.23. The predicted molar refractivity (Wildman–Crippen MR) is 212 cm³/mol. The maximum absolute atomic E-state index is 2.44. The highest BCUT2D eigenvalue weighted by Crippen LogP contribution is 2.46. The van der Waals surface area contributed by atoms with Gasteiger partial charge in [-0.05, 0) is 76.3 Å². The van der Waals surface area contributed by atoms with Gasteiger partial charge < -0.3 is 9.47 Å². The van der Waals surface area contributed by atoms with Crippen molar-refractivity contribution in [3.8, 4) is 39.1 Å². The van der Waals surface area contributed by atoms with E-state index in [2.05, 4.69) is 216 Å². The average molecular weight is 639 g/mol. The molecular weight excluding hydrogens is 605 g/mol. The highest BCUT2D eigenvalue weighted by atomic mass is 15.1. The molecule has 0 amide bonds. The van der Waals surface area contributed by atoms with Gasteiger partial charge in [0, 0.05) is 27.7 Å². The molecule has 236 valence electrons. The molecule has 9 rings (SSSR count). The van der Waals surface area contributed by atoms with Gasteiger partial charge in [0.1, 0.15) is 0 Å². The predicted octanol–water partition coefficient (Wildman–Crippen LogP) is 13.3. The van der Waals surface area contributed by atoms with Crippen LogP contribution in [-0.2, 0) is 0 Å². The van der Waals surface area contributed by atoms with Crippen molar-refractivity contribution in [3.63, 3.8) is 0 Å². The number of hydrogen-bond acceptors (Lipinski definition) is 1. The van der Waals surface area contributed by atoms with E-state index in [1.807, 2.05) is 0 Å². The molecule has 0 saturated heterocycles.